The third kappa shape index (κ3) is 0.994. The molecule has 0 radical (unpaired) electrons. The maximum Gasteiger partial charge on any atom is 0.107 e. The third-order valence-electron chi connectivity index (χ3n) is 1.99. The van der Waals surface area contributed by atoms with E-state index in [0.29, 0.717) is 0 Å². The van der Waals surface area contributed by atoms with Gasteiger partial charge in [0.2, 0.25) is 0 Å². The lowest BCUT2D eigenvalue weighted by Crippen LogP contribution is -1.82. The van der Waals surface area contributed by atoms with Crippen molar-refractivity contribution in [2.75, 3.05) is 0 Å². The molecule has 0 fully saturated rings. The first kappa shape index (κ1) is 7.62. The Morgan fingerprint density at radius 1 is 1.50 bits per heavy atom. The first-order valence-electron chi connectivity index (χ1n) is 3.93. The van der Waals surface area contributed by atoms with Gasteiger partial charge in [0.25, 0.3) is 0 Å². The van der Waals surface area contributed by atoms with Gasteiger partial charge in [-0.05, 0) is 18.1 Å². The molecule has 2 rings (SSSR count). The van der Waals surface area contributed by atoms with Crippen molar-refractivity contribution in [3.05, 3.63) is 29.0 Å². The number of hydrogen-bond donors (Lipinski definition) is 1. The van der Waals surface area contributed by atoms with Crippen LogP contribution < -0.4 is 0 Å². The van der Waals surface area contributed by atoms with Crippen LogP contribution in [-0.4, -0.2) is 9.97 Å². The second kappa shape index (κ2) is 2.79. The molecule has 1 N–H and O–H groups in total. The minimum Gasteiger partial charge on any atom is -0.345 e. The molecule has 2 nitrogen and oxygen atoms in total. The van der Waals surface area contributed by atoms with Crippen molar-refractivity contribution < 1.29 is 0 Å². The molecule has 2 aromatic rings. The predicted molar refractivity (Wildman–Crippen MR) is 50.5 cm³/mol. The second-order valence-corrected chi connectivity index (χ2v) is 3.07. The van der Waals surface area contributed by atoms with Gasteiger partial charge in [-0.2, -0.15) is 0 Å². The summed E-state index contributed by atoms with van der Waals surface area (Å²) in [5, 5.41) is 0.774. The van der Waals surface area contributed by atoms with Crippen molar-refractivity contribution in [1.29, 1.82) is 0 Å². The molecular formula is C9H9ClN2. The van der Waals surface area contributed by atoms with Gasteiger partial charge >= 0.3 is 0 Å². The van der Waals surface area contributed by atoms with Gasteiger partial charge in [-0.25, -0.2) is 4.98 Å². The molecule has 12 heavy (non-hydrogen) atoms. The molecule has 0 bridgehead atoms. The van der Waals surface area contributed by atoms with Crippen molar-refractivity contribution in [3.8, 4) is 0 Å². The van der Waals surface area contributed by atoms with Crippen LogP contribution in [0.4, 0.5) is 0 Å². The topological polar surface area (TPSA) is 28.7 Å². The molecule has 1 aromatic heterocycles. The van der Waals surface area contributed by atoms with Crippen LogP contribution in [0.25, 0.3) is 11.0 Å². The van der Waals surface area contributed by atoms with E-state index >= 15 is 0 Å². The highest BCUT2D eigenvalue weighted by Gasteiger charge is 2.04. The zero-order valence-corrected chi connectivity index (χ0v) is 7.52. The number of aromatic amines is 1. The van der Waals surface area contributed by atoms with Crippen LogP contribution in [0, 0.1) is 0 Å². The first-order valence-corrected chi connectivity index (χ1v) is 4.31. The predicted octanol–water partition coefficient (Wildman–Crippen LogP) is 2.78. The van der Waals surface area contributed by atoms with Crippen molar-refractivity contribution >= 4 is 22.6 Å². The molecule has 0 atom stereocenters. The van der Waals surface area contributed by atoms with E-state index in [2.05, 4.69) is 16.9 Å². The number of halogens is 1. The van der Waals surface area contributed by atoms with Crippen LogP contribution in [0.2, 0.25) is 5.02 Å². The Balaban J connectivity index is 2.78. The highest BCUT2D eigenvalue weighted by molar-refractivity contribution is 6.35. The highest BCUT2D eigenvalue weighted by Crippen LogP contribution is 2.24. The van der Waals surface area contributed by atoms with Gasteiger partial charge in [0.15, 0.2) is 0 Å². The van der Waals surface area contributed by atoms with E-state index in [4.69, 9.17) is 11.6 Å². The summed E-state index contributed by atoms with van der Waals surface area (Å²) in [4.78, 5) is 7.16. The lowest BCUT2D eigenvalue weighted by Gasteiger charge is -1.99. The summed E-state index contributed by atoms with van der Waals surface area (Å²) in [7, 11) is 0. The summed E-state index contributed by atoms with van der Waals surface area (Å²) in [5.41, 5.74) is 3.02. The minimum absolute atomic E-state index is 0.774. The maximum absolute atomic E-state index is 6.10. The number of aromatic nitrogens is 2. The van der Waals surface area contributed by atoms with Gasteiger partial charge in [-0.1, -0.05) is 24.6 Å². The maximum atomic E-state index is 6.10. The zero-order chi connectivity index (χ0) is 8.55. The molecule has 0 aliphatic carbocycles. The van der Waals surface area contributed by atoms with Crippen LogP contribution in [0.15, 0.2) is 18.5 Å². The SMILES string of the molecule is CCc1ccc2[nH]cnc2c1Cl. The normalized spacial score (nSPS) is 10.8. The standard InChI is InChI=1S/C9H9ClN2/c1-2-6-3-4-7-9(8(6)10)12-5-11-7/h3-5H,2H2,1H3,(H,11,12). The summed E-state index contributed by atoms with van der Waals surface area (Å²) in [6.45, 7) is 2.08. The number of benzene rings is 1. The van der Waals surface area contributed by atoms with E-state index in [1.807, 2.05) is 12.1 Å². The van der Waals surface area contributed by atoms with E-state index in [-0.39, 0.29) is 0 Å². The van der Waals surface area contributed by atoms with Gasteiger partial charge in [-0.3, -0.25) is 0 Å². The molecule has 0 aliphatic heterocycles. The molecule has 0 saturated carbocycles. The number of nitrogens with one attached hydrogen (secondary N) is 1. The van der Waals surface area contributed by atoms with Crippen molar-refractivity contribution in [3.63, 3.8) is 0 Å². The molecule has 62 valence electrons. The van der Waals surface area contributed by atoms with Gasteiger partial charge in [-0.15, -0.1) is 0 Å². The van der Waals surface area contributed by atoms with E-state index in [1.54, 1.807) is 6.33 Å². The zero-order valence-electron chi connectivity index (χ0n) is 6.76. The van der Waals surface area contributed by atoms with E-state index in [1.165, 1.54) is 0 Å². The molecule has 1 aromatic carbocycles. The number of hydrogen-bond acceptors (Lipinski definition) is 1. The van der Waals surface area contributed by atoms with Gasteiger partial charge in [0, 0.05) is 0 Å². The molecule has 0 aliphatic rings. The molecular weight excluding hydrogens is 172 g/mol. The number of imidazole rings is 1. The van der Waals surface area contributed by atoms with Crippen LogP contribution in [0.1, 0.15) is 12.5 Å². The van der Waals surface area contributed by atoms with Gasteiger partial charge < -0.3 is 4.98 Å². The quantitative estimate of drug-likeness (QED) is 0.719. The highest BCUT2D eigenvalue weighted by atomic mass is 35.5. The van der Waals surface area contributed by atoms with E-state index < -0.39 is 0 Å². The summed E-state index contributed by atoms with van der Waals surface area (Å²) >= 11 is 6.10. The Morgan fingerprint density at radius 2 is 2.33 bits per heavy atom. The van der Waals surface area contributed by atoms with Crippen LogP contribution in [0.5, 0.6) is 0 Å². The molecule has 1 heterocycles. The van der Waals surface area contributed by atoms with E-state index in [9.17, 15) is 0 Å². The average molecular weight is 181 g/mol. The Kier molecular flexibility index (Phi) is 1.77. The number of fused-ring (bicyclic) bond motifs is 1. The Bertz CT molecular complexity index is 406. The lowest BCUT2D eigenvalue weighted by atomic mass is 10.1. The second-order valence-electron chi connectivity index (χ2n) is 2.69. The summed E-state index contributed by atoms with van der Waals surface area (Å²) < 4.78 is 0. The molecule has 0 amide bonds. The van der Waals surface area contributed by atoms with Gasteiger partial charge in [0.05, 0.1) is 16.9 Å². The fourth-order valence-electron chi connectivity index (χ4n) is 1.29. The van der Waals surface area contributed by atoms with Crippen LogP contribution >= 0.6 is 11.6 Å². The summed E-state index contributed by atoms with van der Waals surface area (Å²) in [5.74, 6) is 0. The third-order valence-corrected chi connectivity index (χ3v) is 2.41. The monoisotopic (exact) mass is 180 g/mol. The van der Waals surface area contributed by atoms with Gasteiger partial charge in [0.1, 0.15) is 5.52 Å². The Labute approximate surface area is 75.6 Å². The molecule has 0 spiro atoms. The fraction of sp³-hybridized carbons (Fsp3) is 0.222. The number of aryl methyl sites for hydroxylation is 1. The van der Waals surface area contributed by atoms with Crippen molar-refractivity contribution in [2.45, 2.75) is 13.3 Å². The van der Waals surface area contributed by atoms with E-state index in [0.717, 1.165) is 28.0 Å². The smallest absolute Gasteiger partial charge is 0.107 e. The minimum atomic E-state index is 0.774. The lowest BCUT2D eigenvalue weighted by molar-refractivity contribution is 1.14. The Hall–Kier alpha value is -1.02. The fourth-order valence-corrected chi connectivity index (χ4v) is 1.64. The largest absolute Gasteiger partial charge is 0.345 e. The number of rotatable bonds is 1. The number of nitrogens with zero attached hydrogens (tertiary/aromatic N) is 1. The molecule has 3 heteroatoms. The Morgan fingerprint density at radius 3 is 3.08 bits per heavy atom. The summed E-state index contributed by atoms with van der Waals surface area (Å²) in [6, 6.07) is 4.04. The average Bonchev–Trinajstić information content (AvgIpc) is 2.53. The van der Waals surface area contributed by atoms with Crippen molar-refractivity contribution in [2.24, 2.45) is 0 Å². The molecule has 0 unspecified atom stereocenters. The molecule has 0 saturated heterocycles. The van der Waals surface area contributed by atoms with Crippen molar-refractivity contribution in [1.82, 2.24) is 9.97 Å². The summed E-state index contributed by atoms with van der Waals surface area (Å²) in [6.07, 6.45) is 2.61. The first-order chi connectivity index (χ1) is 5.83. The number of H-pyrrole nitrogens is 1. The van der Waals surface area contributed by atoms with Crippen LogP contribution in [-0.2, 0) is 6.42 Å². The van der Waals surface area contributed by atoms with Crippen LogP contribution in [0.3, 0.4) is 0 Å².